The third kappa shape index (κ3) is 2.93. The van der Waals surface area contributed by atoms with Gasteiger partial charge in [0.2, 0.25) is 0 Å². The van der Waals surface area contributed by atoms with Crippen LogP contribution in [0.15, 0.2) is 24.3 Å². The van der Waals surface area contributed by atoms with Crippen LogP contribution >= 0.6 is 45.8 Å². The SMILES string of the molecule is COCc1nc(-c2ccccc2Cl)nc(Cl)c1I. The predicted molar refractivity (Wildman–Crippen MR) is 80.9 cm³/mol. The maximum Gasteiger partial charge on any atom is 0.162 e. The van der Waals surface area contributed by atoms with Gasteiger partial charge in [-0.2, -0.15) is 0 Å². The monoisotopic (exact) mass is 394 g/mol. The molecule has 0 N–H and O–H groups in total. The van der Waals surface area contributed by atoms with Gasteiger partial charge in [0.15, 0.2) is 5.82 Å². The molecule has 18 heavy (non-hydrogen) atoms. The molecule has 0 fully saturated rings. The van der Waals surface area contributed by atoms with Gasteiger partial charge in [-0.25, -0.2) is 9.97 Å². The van der Waals surface area contributed by atoms with Crippen LogP contribution in [0.5, 0.6) is 0 Å². The summed E-state index contributed by atoms with van der Waals surface area (Å²) in [6.07, 6.45) is 0. The number of hydrogen-bond acceptors (Lipinski definition) is 3. The van der Waals surface area contributed by atoms with Crippen molar-refractivity contribution >= 4 is 45.8 Å². The van der Waals surface area contributed by atoms with E-state index in [-0.39, 0.29) is 0 Å². The number of rotatable bonds is 3. The van der Waals surface area contributed by atoms with Crippen LogP contribution in [0.1, 0.15) is 5.69 Å². The topological polar surface area (TPSA) is 35.0 Å². The Labute approximate surface area is 129 Å². The van der Waals surface area contributed by atoms with Crippen LogP contribution in [-0.2, 0) is 11.3 Å². The van der Waals surface area contributed by atoms with Crippen LogP contribution in [0, 0.1) is 3.57 Å². The summed E-state index contributed by atoms with van der Waals surface area (Å²) in [5, 5.41) is 1.01. The molecule has 0 radical (unpaired) electrons. The second-order valence-corrected chi connectivity index (χ2v) is 5.36. The average molecular weight is 395 g/mol. The highest BCUT2D eigenvalue weighted by Crippen LogP contribution is 2.28. The van der Waals surface area contributed by atoms with Crippen LogP contribution in [0.2, 0.25) is 10.2 Å². The van der Waals surface area contributed by atoms with Crippen LogP contribution in [0.3, 0.4) is 0 Å². The second kappa shape index (κ2) is 6.14. The summed E-state index contributed by atoms with van der Waals surface area (Å²) < 4.78 is 5.90. The first kappa shape index (κ1) is 14.0. The van der Waals surface area contributed by atoms with Gasteiger partial charge in [0, 0.05) is 12.7 Å². The first-order valence-corrected chi connectivity index (χ1v) is 6.92. The summed E-state index contributed by atoms with van der Waals surface area (Å²) in [5.74, 6) is 0.512. The molecule has 0 saturated carbocycles. The molecule has 0 unspecified atom stereocenters. The van der Waals surface area contributed by atoms with Crippen molar-refractivity contribution in [1.29, 1.82) is 0 Å². The number of methoxy groups -OCH3 is 1. The van der Waals surface area contributed by atoms with Gasteiger partial charge in [-0.05, 0) is 34.7 Å². The zero-order valence-corrected chi connectivity index (χ0v) is 13.1. The summed E-state index contributed by atoms with van der Waals surface area (Å²) in [4.78, 5) is 8.69. The molecule has 0 atom stereocenters. The molecular formula is C12H9Cl2IN2O. The minimum absolute atomic E-state index is 0.387. The molecule has 0 aliphatic carbocycles. The lowest BCUT2D eigenvalue weighted by atomic mass is 10.2. The second-order valence-electron chi connectivity index (χ2n) is 3.51. The molecule has 0 aliphatic heterocycles. The zero-order chi connectivity index (χ0) is 13.1. The molecule has 94 valence electrons. The van der Waals surface area contributed by atoms with E-state index < -0.39 is 0 Å². The highest BCUT2D eigenvalue weighted by Gasteiger charge is 2.13. The largest absolute Gasteiger partial charge is 0.378 e. The predicted octanol–water partition coefficient (Wildman–Crippen LogP) is 4.20. The number of nitrogens with zero attached hydrogens (tertiary/aromatic N) is 2. The Balaban J connectivity index is 2.56. The van der Waals surface area contributed by atoms with Crippen LogP contribution < -0.4 is 0 Å². The maximum absolute atomic E-state index is 6.12. The summed E-state index contributed by atoms with van der Waals surface area (Å²) in [7, 11) is 1.61. The van der Waals surface area contributed by atoms with Crippen molar-refractivity contribution in [3.63, 3.8) is 0 Å². The van der Waals surface area contributed by atoms with Crippen LogP contribution in [0.25, 0.3) is 11.4 Å². The molecule has 0 saturated heterocycles. The molecular weight excluding hydrogens is 386 g/mol. The molecule has 0 bridgehead atoms. The Hall–Kier alpha value is -0.430. The fourth-order valence-electron chi connectivity index (χ4n) is 1.46. The molecule has 2 aromatic rings. The van der Waals surface area contributed by atoms with E-state index >= 15 is 0 Å². The molecule has 1 aromatic carbocycles. The van der Waals surface area contributed by atoms with Gasteiger partial charge < -0.3 is 4.74 Å². The van der Waals surface area contributed by atoms with E-state index in [0.717, 1.165) is 14.8 Å². The first-order chi connectivity index (χ1) is 8.63. The quantitative estimate of drug-likeness (QED) is 0.578. The van der Waals surface area contributed by atoms with E-state index in [0.29, 0.717) is 22.6 Å². The van der Waals surface area contributed by atoms with E-state index in [1.165, 1.54) is 0 Å². The van der Waals surface area contributed by atoms with Crippen molar-refractivity contribution in [2.24, 2.45) is 0 Å². The van der Waals surface area contributed by atoms with Gasteiger partial charge >= 0.3 is 0 Å². The molecule has 1 heterocycles. The lowest BCUT2D eigenvalue weighted by molar-refractivity contribution is 0.181. The third-order valence-corrected chi connectivity index (χ3v) is 4.33. The maximum atomic E-state index is 6.12. The van der Waals surface area contributed by atoms with Crippen molar-refractivity contribution in [3.05, 3.63) is 43.7 Å². The summed E-state index contributed by atoms with van der Waals surface area (Å²) in [6.45, 7) is 0.387. The summed E-state index contributed by atoms with van der Waals surface area (Å²) >= 11 is 14.3. The zero-order valence-electron chi connectivity index (χ0n) is 9.45. The fraction of sp³-hybridized carbons (Fsp3) is 0.167. The van der Waals surface area contributed by atoms with Gasteiger partial charge in [0.1, 0.15) is 5.15 Å². The Morgan fingerprint density at radius 3 is 2.61 bits per heavy atom. The molecule has 1 aromatic heterocycles. The number of halogens is 3. The molecule has 0 aliphatic rings. The van der Waals surface area contributed by atoms with Gasteiger partial charge in [0.25, 0.3) is 0 Å². The van der Waals surface area contributed by atoms with Crippen molar-refractivity contribution in [3.8, 4) is 11.4 Å². The van der Waals surface area contributed by atoms with Crippen molar-refractivity contribution < 1.29 is 4.74 Å². The van der Waals surface area contributed by atoms with E-state index in [9.17, 15) is 0 Å². The van der Waals surface area contributed by atoms with Gasteiger partial charge in [-0.3, -0.25) is 0 Å². The van der Waals surface area contributed by atoms with E-state index in [1.807, 2.05) is 18.2 Å². The van der Waals surface area contributed by atoms with Crippen molar-refractivity contribution in [2.45, 2.75) is 6.61 Å². The average Bonchev–Trinajstić information content (AvgIpc) is 2.35. The van der Waals surface area contributed by atoms with Gasteiger partial charge in [-0.1, -0.05) is 35.3 Å². The first-order valence-electron chi connectivity index (χ1n) is 5.09. The number of ether oxygens (including phenoxy) is 1. The standard InChI is InChI=1S/C12H9Cl2IN2O/c1-18-6-9-10(15)11(14)17-12(16-9)7-4-2-3-5-8(7)13/h2-5H,6H2,1H3. The normalized spacial score (nSPS) is 10.7. The molecule has 0 amide bonds. The number of benzene rings is 1. The smallest absolute Gasteiger partial charge is 0.162 e. The van der Waals surface area contributed by atoms with Gasteiger partial charge in [0.05, 0.1) is 20.9 Å². The lowest BCUT2D eigenvalue weighted by Gasteiger charge is -2.08. The van der Waals surface area contributed by atoms with E-state index in [1.54, 1.807) is 13.2 Å². The Morgan fingerprint density at radius 2 is 1.94 bits per heavy atom. The number of hydrogen-bond donors (Lipinski definition) is 0. The van der Waals surface area contributed by atoms with Crippen molar-refractivity contribution in [2.75, 3.05) is 7.11 Å². The minimum atomic E-state index is 0.387. The van der Waals surface area contributed by atoms with E-state index in [2.05, 4.69) is 32.6 Å². The third-order valence-electron chi connectivity index (χ3n) is 2.28. The molecule has 3 nitrogen and oxygen atoms in total. The molecule has 0 spiro atoms. The fourth-order valence-corrected chi connectivity index (χ4v) is 2.26. The van der Waals surface area contributed by atoms with Crippen LogP contribution in [0.4, 0.5) is 0 Å². The molecule has 6 heteroatoms. The lowest BCUT2D eigenvalue weighted by Crippen LogP contribution is -2.02. The molecule has 2 rings (SSSR count). The summed E-state index contributed by atoms with van der Waals surface area (Å²) in [6, 6.07) is 7.39. The number of aromatic nitrogens is 2. The van der Waals surface area contributed by atoms with Crippen molar-refractivity contribution in [1.82, 2.24) is 9.97 Å². The highest BCUT2D eigenvalue weighted by molar-refractivity contribution is 14.1. The van der Waals surface area contributed by atoms with Gasteiger partial charge in [-0.15, -0.1) is 0 Å². The Morgan fingerprint density at radius 1 is 1.22 bits per heavy atom. The summed E-state index contributed by atoms with van der Waals surface area (Å²) in [5.41, 5.74) is 1.52. The highest BCUT2D eigenvalue weighted by atomic mass is 127. The van der Waals surface area contributed by atoms with Crippen LogP contribution in [-0.4, -0.2) is 17.1 Å². The Kier molecular flexibility index (Phi) is 4.77. The minimum Gasteiger partial charge on any atom is -0.378 e. The van der Waals surface area contributed by atoms with E-state index in [4.69, 9.17) is 27.9 Å². The Bertz CT molecular complexity index is 578.